The first-order chi connectivity index (χ1) is 7.32. The minimum Gasteiger partial charge on any atom is -0.351 e. The molecule has 2 amide bonds. The predicted molar refractivity (Wildman–Crippen MR) is 55.2 cm³/mol. The molecule has 0 aliphatic carbocycles. The summed E-state index contributed by atoms with van der Waals surface area (Å²) < 4.78 is 36.1. The molecule has 0 aliphatic heterocycles. The number of hydrogen-bond donors (Lipinski definition) is 2. The van der Waals surface area contributed by atoms with Crippen molar-refractivity contribution in [3.8, 4) is 0 Å². The van der Waals surface area contributed by atoms with Crippen LogP contribution in [0.5, 0.6) is 0 Å². The molecule has 0 rings (SSSR count). The molecule has 0 saturated carbocycles. The predicted octanol–water partition coefficient (Wildman–Crippen LogP) is -0.624. The van der Waals surface area contributed by atoms with Gasteiger partial charge in [0, 0.05) is 19.3 Å². The Balaban J connectivity index is 3.95. The molecule has 0 aromatic heterocycles. The van der Waals surface area contributed by atoms with E-state index in [4.69, 9.17) is 0 Å². The highest BCUT2D eigenvalue weighted by molar-refractivity contribution is 7.86. The van der Waals surface area contributed by atoms with Crippen LogP contribution in [0.15, 0.2) is 12.7 Å². The Morgan fingerprint density at radius 1 is 1.38 bits per heavy atom. The van der Waals surface area contributed by atoms with Gasteiger partial charge >= 0.3 is 11.2 Å². The molecule has 0 spiro atoms. The van der Waals surface area contributed by atoms with E-state index in [0.717, 1.165) is 12.3 Å². The van der Waals surface area contributed by atoms with Gasteiger partial charge in [-0.25, -0.2) is 0 Å². The summed E-state index contributed by atoms with van der Waals surface area (Å²) in [4.78, 5) is 21.5. The smallest absolute Gasteiger partial charge is 0.351 e. The maximum Gasteiger partial charge on any atom is 0.397 e. The maximum absolute atomic E-state index is 12.8. The number of rotatable bonds is 6. The van der Waals surface area contributed by atoms with Gasteiger partial charge in [-0.05, 0) is 6.08 Å². The van der Waals surface area contributed by atoms with Crippen LogP contribution in [0.2, 0.25) is 0 Å². The van der Waals surface area contributed by atoms with Gasteiger partial charge in [0.25, 0.3) is 0 Å². The molecule has 0 fully saturated rings. The molecule has 0 saturated heterocycles. The van der Waals surface area contributed by atoms with Crippen LogP contribution in [0.3, 0.4) is 0 Å². The molecule has 0 heterocycles. The summed E-state index contributed by atoms with van der Waals surface area (Å²) in [7, 11) is -2.57. The molecule has 8 heteroatoms. The van der Waals surface area contributed by atoms with E-state index in [1.807, 2.05) is 5.32 Å². The van der Waals surface area contributed by atoms with E-state index in [9.17, 15) is 22.6 Å². The van der Waals surface area contributed by atoms with Gasteiger partial charge in [-0.3, -0.25) is 13.8 Å². The second kappa shape index (κ2) is 6.31. The first kappa shape index (κ1) is 14.7. The Hall–Kier alpha value is -1.31. The van der Waals surface area contributed by atoms with E-state index < -0.39 is 27.9 Å². The van der Waals surface area contributed by atoms with Gasteiger partial charge in [0.1, 0.15) is 0 Å². The number of carbonyl (C=O) groups excluding carboxylic acids is 2. The van der Waals surface area contributed by atoms with Crippen molar-refractivity contribution in [2.24, 2.45) is 0 Å². The lowest BCUT2D eigenvalue weighted by atomic mass is 10.5. The second-order valence-electron chi connectivity index (χ2n) is 2.72. The van der Waals surface area contributed by atoms with Crippen molar-refractivity contribution in [2.45, 2.75) is 5.25 Å². The third-order valence-corrected chi connectivity index (χ3v) is 2.43. The maximum atomic E-state index is 12.8. The van der Waals surface area contributed by atoms with Crippen LogP contribution in [0.25, 0.3) is 0 Å². The molecule has 92 valence electrons. The molecule has 0 bridgehead atoms. The van der Waals surface area contributed by atoms with Crippen LogP contribution in [-0.4, -0.2) is 40.6 Å². The first-order valence-corrected chi connectivity index (χ1v) is 5.78. The summed E-state index contributed by atoms with van der Waals surface area (Å²) in [6, 6.07) is 0. The highest BCUT2D eigenvalue weighted by Gasteiger charge is 2.43. The second-order valence-corrected chi connectivity index (χ2v) is 4.14. The fourth-order valence-electron chi connectivity index (χ4n) is 0.667. The van der Waals surface area contributed by atoms with Crippen LogP contribution < -0.4 is 10.6 Å². The zero-order valence-electron chi connectivity index (χ0n) is 8.59. The molecular weight excluding hydrogens is 242 g/mol. The highest BCUT2D eigenvalue weighted by atomic mass is 32.2. The highest BCUT2D eigenvalue weighted by Crippen LogP contribution is 2.16. The van der Waals surface area contributed by atoms with Gasteiger partial charge in [-0.2, -0.15) is 8.78 Å². The van der Waals surface area contributed by atoms with Crippen molar-refractivity contribution < 1.29 is 22.6 Å². The van der Waals surface area contributed by atoms with Crippen LogP contribution in [0, 0.1) is 0 Å². The van der Waals surface area contributed by atoms with Gasteiger partial charge < -0.3 is 10.6 Å². The van der Waals surface area contributed by atoms with E-state index in [0.29, 0.717) is 0 Å². The average molecular weight is 254 g/mol. The van der Waals surface area contributed by atoms with Crippen molar-refractivity contribution in [3.05, 3.63) is 12.7 Å². The molecule has 1 atom stereocenters. The minimum absolute atomic E-state index is 0.0109. The topological polar surface area (TPSA) is 75.3 Å². The van der Waals surface area contributed by atoms with Crippen molar-refractivity contribution in [1.29, 1.82) is 0 Å². The summed E-state index contributed by atoms with van der Waals surface area (Å²) in [5, 5.41) is 0.214. The Kier molecular flexibility index (Phi) is 5.79. The van der Waals surface area contributed by atoms with Crippen LogP contribution in [0.1, 0.15) is 0 Å². The number of alkyl halides is 2. The van der Waals surface area contributed by atoms with E-state index >= 15 is 0 Å². The standard InChI is InChI=1S/C8H12F2N2O3S/c1-3-6(13)11-4-5-12-7(14)8(9,10)16(2)15/h3H,1,4-5H2,2H3,(H,11,13)(H,12,14). The molecule has 5 nitrogen and oxygen atoms in total. The Labute approximate surface area is 93.7 Å². The number of nitrogens with one attached hydrogen (secondary N) is 2. The zero-order valence-corrected chi connectivity index (χ0v) is 9.40. The van der Waals surface area contributed by atoms with E-state index in [1.54, 1.807) is 0 Å². The number of halogens is 2. The quantitative estimate of drug-likeness (QED) is 0.490. The van der Waals surface area contributed by atoms with Crippen molar-refractivity contribution in [2.75, 3.05) is 19.3 Å². The van der Waals surface area contributed by atoms with E-state index in [1.165, 1.54) is 0 Å². The summed E-state index contributed by atoms with van der Waals surface area (Å²) in [5.74, 6) is -2.10. The van der Waals surface area contributed by atoms with E-state index in [-0.39, 0.29) is 13.1 Å². The molecular formula is C8H12F2N2O3S. The molecule has 2 N–H and O–H groups in total. The minimum atomic E-state index is -3.91. The third-order valence-electron chi connectivity index (χ3n) is 1.52. The summed E-state index contributed by atoms with van der Waals surface area (Å²) in [5.41, 5.74) is 0. The Bertz CT molecular complexity index is 320. The monoisotopic (exact) mass is 254 g/mol. The lowest BCUT2D eigenvalue weighted by molar-refractivity contribution is -0.135. The Morgan fingerprint density at radius 2 is 1.88 bits per heavy atom. The van der Waals surface area contributed by atoms with Gasteiger partial charge in [0.05, 0.1) is 10.8 Å². The molecule has 0 aliphatic rings. The van der Waals surface area contributed by atoms with Crippen molar-refractivity contribution in [3.63, 3.8) is 0 Å². The van der Waals surface area contributed by atoms with Gasteiger partial charge in [-0.1, -0.05) is 6.58 Å². The SMILES string of the molecule is C=CC(=O)NCCNC(=O)C(F)(F)S(C)=O. The largest absolute Gasteiger partial charge is 0.397 e. The van der Waals surface area contributed by atoms with Crippen LogP contribution in [0.4, 0.5) is 8.78 Å². The average Bonchev–Trinajstić information content (AvgIpc) is 2.23. The summed E-state index contributed by atoms with van der Waals surface area (Å²) in [6.45, 7) is 2.99. The molecule has 0 aromatic carbocycles. The van der Waals surface area contributed by atoms with Crippen molar-refractivity contribution in [1.82, 2.24) is 10.6 Å². The lowest BCUT2D eigenvalue weighted by Crippen LogP contribution is -2.45. The number of carbonyl (C=O) groups is 2. The van der Waals surface area contributed by atoms with Gasteiger partial charge in [0.15, 0.2) is 0 Å². The van der Waals surface area contributed by atoms with Gasteiger partial charge in [0.2, 0.25) is 5.91 Å². The normalized spacial score (nSPS) is 12.7. The number of hydrogen-bond acceptors (Lipinski definition) is 3. The van der Waals surface area contributed by atoms with Crippen LogP contribution >= 0.6 is 0 Å². The molecule has 1 unspecified atom stereocenters. The van der Waals surface area contributed by atoms with Gasteiger partial charge in [-0.15, -0.1) is 0 Å². The molecule has 16 heavy (non-hydrogen) atoms. The lowest BCUT2D eigenvalue weighted by Gasteiger charge is -2.13. The fraction of sp³-hybridized carbons (Fsp3) is 0.500. The summed E-state index contributed by atoms with van der Waals surface area (Å²) >= 11 is 0. The summed E-state index contributed by atoms with van der Waals surface area (Å²) in [6.07, 6.45) is 1.75. The zero-order chi connectivity index (χ0) is 12.8. The van der Waals surface area contributed by atoms with E-state index in [2.05, 4.69) is 11.9 Å². The fourth-order valence-corrected chi connectivity index (χ4v) is 1.00. The molecule has 0 radical (unpaired) electrons. The van der Waals surface area contributed by atoms with Crippen molar-refractivity contribution >= 4 is 22.6 Å². The third kappa shape index (κ3) is 4.47. The first-order valence-electron chi connectivity index (χ1n) is 4.22. The van der Waals surface area contributed by atoms with Crippen LogP contribution in [-0.2, 0) is 20.4 Å². The molecule has 0 aromatic rings. The number of amides is 2. The Morgan fingerprint density at radius 3 is 2.31 bits per heavy atom.